The van der Waals surface area contributed by atoms with Crippen LogP contribution in [0.4, 0.5) is 0 Å². The second-order valence-electron chi connectivity index (χ2n) is 7.06. The maximum atomic E-state index is 6.09. The molecule has 3 nitrogen and oxygen atoms in total. The van der Waals surface area contributed by atoms with Crippen LogP contribution in [0.25, 0.3) is 0 Å². The van der Waals surface area contributed by atoms with Gasteiger partial charge in [-0.3, -0.25) is 0 Å². The van der Waals surface area contributed by atoms with E-state index in [1.54, 1.807) is 11.8 Å². The van der Waals surface area contributed by atoms with Crippen LogP contribution in [0.1, 0.15) is 47.1 Å². The first-order chi connectivity index (χ1) is 11.2. The third kappa shape index (κ3) is 4.34. The Labute approximate surface area is 156 Å². The fraction of sp³-hybridized carbons (Fsp3) is 0.611. The summed E-state index contributed by atoms with van der Waals surface area (Å²) in [6.45, 7) is 14.5. The fourth-order valence-corrected chi connectivity index (χ4v) is 3.83. The molecular weight excluding hydrogens is 337 g/mol. The van der Waals surface area contributed by atoms with Crippen molar-refractivity contribution in [2.75, 3.05) is 13.1 Å². The van der Waals surface area contributed by atoms with E-state index in [-0.39, 0.29) is 18.3 Å². The summed E-state index contributed by atoms with van der Waals surface area (Å²) in [6, 6.07) is 8.47. The van der Waals surface area contributed by atoms with Crippen molar-refractivity contribution in [2.24, 2.45) is 0 Å². The molecule has 0 atom stereocenters. The largest absolute Gasteiger partial charge is 0.494 e. The Morgan fingerprint density at radius 3 is 2.00 bits per heavy atom. The summed E-state index contributed by atoms with van der Waals surface area (Å²) in [5.41, 5.74) is 1.72. The minimum absolute atomic E-state index is 0.298. The predicted molar refractivity (Wildman–Crippen MR) is 109 cm³/mol. The quantitative estimate of drug-likeness (QED) is 0.582. The van der Waals surface area contributed by atoms with E-state index in [0.717, 1.165) is 28.6 Å². The van der Waals surface area contributed by atoms with Crippen molar-refractivity contribution in [2.45, 2.75) is 58.5 Å². The highest BCUT2D eigenvalue weighted by Gasteiger charge is 2.51. The SMILES string of the molecule is CCN(CC)C(=S)SCc1ccc(B2OC(C)(C)C(C)(C)O2)cc1. The van der Waals surface area contributed by atoms with E-state index in [9.17, 15) is 0 Å². The van der Waals surface area contributed by atoms with E-state index in [1.807, 2.05) is 0 Å². The van der Waals surface area contributed by atoms with Gasteiger partial charge in [-0.05, 0) is 52.6 Å². The maximum Gasteiger partial charge on any atom is 0.494 e. The molecule has 1 fully saturated rings. The normalized spacial score (nSPS) is 18.7. The van der Waals surface area contributed by atoms with Crippen molar-refractivity contribution < 1.29 is 9.31 Å². The van der Waals surface area contributed by atoms with Crippen LogP contribution >= 0.6 is 24.0 Å². The van der Waals surface area contributed by atoms with Gasteiger partial charge in [0.05, 0.1) is 11.2 Å². The van der Waals surface area contributed by atoms with Crippen LogP contribution < -0.4 is 5.46 Å². The molecule has 0 aromatic heterocycles. The smallest absolute Gasteiger partial charge is 0.399 e. The lowest BCUT2D eigenvalue weighted by molar-refractivity contribution is 0.00578. The molecule has 0 radical (unpaired) electrons. The number of thioether (sulfide) groups is 1. The number of benzene rings is 1. The van der Waals surface area contributed by atoms with Crippen molar-refractivity contribution >= 4 is 40.9 Å². The summed E-state index contributed by atoms with van der Waals surface area (Å²) in [6.07, 6.45) is 0. The van der Waals surface area contributed by atoms with Crippen LogP contribution in [0.15, 0.2) is 24.3 Å². The molecule has 1 aliphatic heterocycles. The zero-order valence-electron chi connectivity index (χ0n) is 15.6. The first-order valence-corrected chi connectivity index (χ1v) is 9.95. The first kappa shape index (κ1) is 19.8. The van der Waals surface area contributed by atoms with Gasteiger partial charge in [-0.1, -0.05) is 48.2 Å². The van der Waals surface area contributed by atoms with Gasteiger partial charge in [0.2, 0.25) is 0 Å². The molecule has 132 valence electrons. The highest BCUT2D eigenvalue weighted by molar-refractivity contribution is 8.22. The van der Waals surface area contributed by atoms with E-state index in [2.05, 4.69) is 70.7 Å². The van der Waals surface area contributed by atoms with Crippen molar-refractivity contribution in [1.82, 2.24) is 4.90 Å². The van der Waals surface area contributed by atoms with Crippen molar-refractivity contribution in [3.8, 4) is 0 Å². The molecule has 0 saturated carbocycles. The molecule has 0 N–H and O–H groups in total. The monoisotopic (exact) mass is 365 g/mol. The molecule has 0 spiro atoms. The van der Waals surface area contributed by atoms with Gasteiger partial charge in [-0.25, -0.2) is 0 Å². The van der Waals surface area contributed by atoms with Crippen LogP contribution in [-0.4, -0.2) is 40.6 Å². The van der Waals surface area contributed by atoms with Crippen LogP contribution in [0.2, 0.25) is 0 Å². The highest BCUT2D eigenvalue weighted by atomic mass is 32.2. The summed E-state index contributed by atoms with van der Waals surface area (Å²) in [5, 5.41) is 0. The van der Waals surface area contributed by atoms with Crippen LogP contribution in [0.5, 0.6) is 0 Å². The Balaban J connectivity index is 1.96. The van der Waals surface area contributed by atoms with Crippen LogP contribution in [0.3, 0.4) is 0 Å². The Morgan fingerprint density at radius 2 is 1.54 bits per heavy atom. The topological polar surface area (TPSA) is 21.7 Å². The van der Waals surface area contributed by atoms with Crippen LogP contribution in [-0.2, 0) is 15.1 Å². The Bertz CT molecular complexity index is 555. The molecule has 1 heterocycles. The summed E-state index contributed by atoms with van der Waals surface area (Å²) in [4.78, 5) is 2.21. The van der Waals surface area contributed by atoms with Crippen molar-refractivity contribution in [1.29, 1.82) is 0 Å². The van der Waals surface area contributed by atoms with E-state index < -0.39 is 0 Å². The lowest BCUT2D eigenvalue weighted by Gasteiger charge is -2.32. The Kier molecular flexibility index (Phi) is 6.40. The average molecular weight is 365 g/mol. The summed E-state index contributed by atoms with van der Waals surface area (Å²) >= 11 is 7.20. The van der Waals surface area contributed by atoms with Crippen LogP contribution in [0, 0.1) is 0 Å². The lowest BCUT2D eigenvalue weighted by atomic mass is 9.79. The van der Waals surface area contributed by atoms with E-state index in [1.165, 1.54) is 5.56 Å². The zero-order chi connectivity index (χ0) is 18.0. The van der Waals surface area contributed by atoms with Gasteiger partial charge in [0.1, 0.15) is 4.32 Å². The van der Waals surface area contributed by atoms with E-state index in [4.69, 9.17) is 21.5 Å². The minimum Gasteiger partial charge on any atom is -0.399 e. The third-order valence-electron chi connectivity index (χ3n) is 4.89. The second kappa shape index (κ2) is 7.77. The van der Waals surface area contributed by atoms with Crippen molar-refractivity contribution in [3.63, 3.8) is 0 Å². The molecular formula is C18H28BNO2S2. The Morgan fingerprint density at radius 1 is 1.04 bits per heavy atom. The van der Waals surface area contributed by atoms with Gasteiger partial charge >= 0.3 is 7.12 Å². The summed E-state index contributed by atoms with van der Waals surface area (Å²) in [5.74, 6) is 0.888. The molecule has 1 aromatic rings. The van der Waals surface area contributed by atoms with Gasteiger partial charge in [-0.15, -0.1) is 0 Å². The maximum absolute atomic E-state index is 6.09. The number of thiocarbonyl (C=S) groups is 1. The molecule has 6 heteroatoms. The standard InChI is InChI=1S/C18H28BNO2S2/c1-7-20(8-2)16(23)24-13-14-9-11-15(12-10-14)19-21-17(3,4)18(5,6)22-19/h9-12H,7-8,13H2,1-6H3. The van der Waals surface area contributed by atoms with Crippen molar-refractivity contribution in [3.05, 3.63) is 29.8 Å². The van der Waals surface area contributed by atoms with E-state index in [0.29, 0.717) is 0 Å². The van der Waals surface area contributed by atoms with Gasteiger partial charge in [0.15, 0.2) is 0 Å². The molecule has 0 bridgehead atoms. The molecule has 1 aliphatic rings. The zero-order valence-corrected chi connectivity index (χ0v) is 17.2. The minimum atomic E-state index is -0.303. The molecule has 0 amide bonds. The predicted octanol–water partition coefficient (Wildman–Crippen LogP) is 3.85. The van der Waals surface area contributed by atoms with Gasteiger partial charge < -0.3 is 14.2 Å². The summed E-state index contributed by atoms with van der Waals surface area (Å²) in [7, 11) is -0.298. The highest BCUT2D eigenvalue weighted by Crippen LogP contribution is 2.36. The molecule has 0 aliphatic carbocycles. The van der Waals surface area contributed by atoms with Gasteiger partial charge in [-0.2, -0.15) is 0 Å². The number of hydrogen-bond donors (Lipinski definition) is 0. The first-order valence-electron chi connectivity index (χ1n) is 8.56. The number of rotatable bonds is 5. The molecule has 24 heavy (non-hydrogen) atoms. The molecule has 1 saturated heterocycles. The fourth-order valence-electron chi connectivity index (χ4n) is 2.47. The molecule has 0 unspecified atom stereocenters. The van der Waals surface area contributed by atoms with Gasteiger partial charge in [0, 0.05) is 18.8 Å². The third-order valence-corrected chi connectivity index (χ3v) is 6.48. The number of nitrogens with zero attached hydrogens (tertiary/aromatic N) is 1. The van der Waals surface area contributed by atoms with E-state index >= 15 is 0 Å². The lowest BCUT2D eigenvalue weighted by Crippen LogP contribution is -2.41. The average Bonchev–Trinajstić information content (AvgIpc) is 2.75. The number of hydrogen-bond acceptors (Lipinski definition) is 4. The molecule has 1 aromatic carbocycles. The summed E-state index contributed by atoms with van der Waals surface area (Å²) < 4.78 is 13.2. The Hall–Kier alpha value is -0.555. The second-order valence-corrected chi connectivity index (χ2v) is 8.67. The molecule has 2 rings (SSSR count). The van der Waals surface area contributed by atoms with Gasteiger partial charge in [0.25, 0.3) is 0 Å².